The molecule has 3 aromatic rings. The highest BCUT2D eigenvalue weighted by Gasteiger charge is 2.35. The second-order valence-corrected chi connectivity index (χ2v) is 9.24. The normalized spacial score (nSPS) is 16.2. The summed E-state index contributed by atoms with van der Waals surface area (Å²) in [4.78, 5) is 29.0. The van der Waals surface area contributed by atoms with Crippen LogP contribution < -0.4 is 9.47 Å². The van der Waals surface area contributed by atoms with Crippen LogP contribution in [0.15, 0.2) is 65.1 Å². The smallest absolute Gasteiger partial charge is 0.262 e. The Hall–Kier alpha value is -3.76. The molecule has 36 heavy (non-hydrogen) atoms. The molecule has 2 aromatic carbocycles. The van der Waals surface area contributed by atoms with E-state index in [2.05, 4.69) is 5.10 Å². The third-order valence-corrected chi connectivity index (χ3v) is 6.95. The fraction of sp³-hybridized carbons (Fsp3) is 0.269. The van der Waals surface area contributed by atoms with Gasteiger partial charge in [0.05, 0.1) is 28.8 Å². The molecule has 0 saturated carbocycles. The Morgan fingerprint density at radius 3 is 2.78 bits per heavy atom. The molecule has 0 aliphatic carbocycles. The quantitative estimate of drug-likeness (QED) is 0.457. The van der Waals surface area contributed by atoms with Gasteiger partial charge in [-0.25, -0.2) is 9.40 Å². The number of benzene rings is 2. The average Bonchev–Trinajstić information content (AvgIpc) is 3.66. The minimum absolute atomic E-state index is 0.0991. The first-order chi connectivity index (χ1) is 17.5. The first-order valence-electron chi connectivity index (χ1n) is 11.4. The van der Waals surface area contributed by atoms with E-state index in [0.717, 1.165) is 16.2 Å². The third-order valence-electron chi connectivity index (χ3n) is 6.04. The van der Waals surface area contributed by atoms with Crippen LogP contribution in [0.4, 0.5) is 4.39 Å². The van der Waals surface area contributed by atoms with Crippen LogP contribution in [-0.4, -0.2) is 61.0 Å². The molecule has 0 unspecified atom stereocenters. The fourth-order valence-corrected chi connectivity index (χ4v) is 4.93. The van der Waals surface area contributed by atoms with Gasteiger partial charge in [0.25, 0.3) is 11.8 Å². The molecule has 2 amide bonds. The number of fused-ring (bicyclic) bond motifs is 1. The second-order valence-electron chi connectivity index (χ2n) is 8.29. The number of amides is 2. The van der Waals surface area contributed by atoms with Crippen molar-refractivity contribution < 1.29 is 28.2 Å². The van der Waals surface area contributed by atoms with Crippen molar-refractivity contribution in [2.75, 3.05) is 33.6 Å². The lowest BCUT2D eigenvalue weighted by Gasteiger charge is -2.27. The number of ether oxygens (including phenoxy) is 3. The topological polar surface area (TPSA) is 80.7 Å². The van der Waals surface area contributed by atoms with Crippen LogP contribution in [0.3, 0.4) is 0 Å². The molecule has 1 atom stereocenters. The van der Waals surface area contributed by atoms with Crippen LogP contribution in [0.1, 0.15) is 33.3 Å². The zero-order chi connectivity index (χ0) is 25.1. The zero-order valence-corrected chi connectivity index (χ0v) is 20.4. The maximum atomic E-state index is 14.3. The molecule has 0 saturated heterocycles. The van der Waals surface area contributed by atoms with Crippen molar-refractivity contribution in [2.24, 2.45) is 5.10 Å². The highest BCUT2D eigenvalue weighted by atomic mass is 32.1. The molecule has 1 aromatic heterocycles. The van der Waals surface area contributed by atoms with E-state index in [1.165, 1.54) is 35.2 Å². The van der Waals surface area contributed by atoms with Crippen LogP contribution in [0.2, 0.25) is 0 Å². The van der Waals surface area contributed by atoms with Crippen molar-refractivity contribution in [3.63, 3.8) is 0 Å². The number of halogens is 1. The summed E-state index contributed by atoms with van der Waals surface area (Å²) in [5.74, 6) is -0.351. The lowest BCUT2D eigenvalue weighted by atomic mass is 10.0. The monoisotopic (exact) mass is 509 g/mol. The molecular weight excluding hydrogens is 485 g/mol. The van der Waals surface area contributed by atoms with Crippen LogP contribution in [0, 0.1) is 5.82 Å². The van der Waals surface area contributed by atoms with Crippen LogP contribution in [-0.2, 0) is 9.53 Å². The number of nitrogens with zero attached hydrogens (tertiary/aromatic N) is 3. The molecule has 2 aliphatic heterocycles. The van der Waals surface area contributed by atoms with E-state index in [9.17, 15) is 14.0 Å². The lowest BCUT2D eigenvalue weighted by Crippen LogP contribution is -2.43. The van der Waals surface area contributed by atoms with Gasteiger partial charge in [-0.2, -0.15) is 5.10 Å². The molecule has 10 heteroatoms. The Kier molecular flexibility index (Phi) is 6.97. The highest BCUT2D eigenvalue weighted by molar-refractivity contribution is 7.12. The number of rotatable bonds is 8. The maximum absolute atomic E-state index is 14.3. The van der Waals surface area contributed by atoms with Crippen molar-refractivity contribution in [1.82, 2.24) is 9.91 Å². The minimum atomic E-state index is -0.644. The van der Waals surface area contributed by atoms with E-state index in [4.69, 9.17) is 14.2 Å². The van der Waals surface area contributed by atoms with E-state index < -0.39 is 17.8 Å². The molecule has 2 aliphatic rings. The van der Waals surface area contributed by atoms with E-state index in [0.29, 0.717) is 17.9 Å². The molecule has 8 nitrogen and oxygen atoms in total. The van der Waals surface area contributed by atoms with Gasteiger partial charge < -0.3 is 19.1 Å². The predicted octanol–water partition coefficient (Wildman–Crippen LogP) is 4.08. The van der Waals surface area contributed by atoms with Gasteiger partial charge in [-0.15, -0.1) is 11.3 Å². The van der Waals surface area contributed by atoms with E-state index >= 15 is 0 Å². The predicted molar refractivity (Wildman–Crippen MR) is 132 cm³/mol. The Labute approximate surface area is 211 Å². The molecule has 0 N–H and O–H groups in total. The molecule has 5 rings (SSSR count). The van der Waals surface area contributed by atoms with Crippen LogP contribution in [0.5, 0.6) is 11.5 Å². The molecule has 3 heterocycles. The molecular formula is C26H24FN3O5S. The van der Waals surface area contributed by atoms with Gasteiger partial charge in [0, 0.05) is 20.1 Å². The van der Waals surface area contributed by atoms with Crippen molar-refractivity contribution in [3.05, 3.63) is 81.8 Å². The average molecular weight is 510 g/mol. The fourth-order valence-electron chi connectivity index (χ4n) is 4.21. The Balaban J connectivity index is 1.43. The summed E-state index contributed by atoms with van der Waals surface area (Å²) in [5, 5.41) is 8.03. The Morgan fingerprint density at radius 1 is 1.17 bits per heavy atom. The summed E-state index contributed by atoms with van der Waals surface area (Å²) in [7, 11) is 1.50. The minimum Gasteiger partial charge on any atom is -0.454 e. The number of methoxy groups -OCH3 is 1. The first kappa shape index (κ1) is 24.0. The van der Waals surface area contributed by atoms with Crippen molar-refractivity contribution in [1.29, 1.82) is 0 Å². The Morgan fingerprint density at radius 2 is 2.00 bits per heavy atom. The van der Waals surface area contributed by atoms with Gasteiger partial charge in [0.15, 0.2) is 11.5 Å². The summed E-state index contributed by atoms with van der Waals surface area (Å²) in [6, 6.07) is 14.8. The molecule has 186 valence electrons. The number of hydrogen-bond acceptors (Lipinski definition) is 7. The summed E-state index contributed by atoms with van der Waals surface area (Å²) in [6.45, 7) is 0.191. The van der Waals surface area contributed by atoms with E-state index in [1.54, 1.807) is 17.4 Å². The highest BCUT2D eigenvalue weighted by Crippen LogP contribution is 2.39. The maximum Gasteiger partial charge on any atom is 0.262 e. The van der Waals surface area contributed by atoms with Crippen molar-refractivity contribution in [3.8, 4) is 11.5 Å². The first-order valence-corrected chi connectivity index (χ1v) is 12.3. The second kappa shape index (κ2) is 10.5. The number of thiophene rings is 1. The molecule has 0 radical (unpaired) electrons. The number of carbonyl (C=O) groups excluding carboxylic acids is 2. The van der Waals surface area contributed by atoms with Gasteiger partial charge in [-0.3, -0.25) is 9.59 Å². The van der Waals surface area contributed by atoms with E-state index in [1.807, 2.05) is 35.7 Å². The van der Waals surface area contributed by atoms with Gasteiger partial charge in [-0.05, 0) is 41.3 Å². The molecule has 0 fully saturated rings. The van der Waals surface area contributed by atoms with Crippen molar-refractivity contribution in [2.45, 2.75) is 12.5 Å². The zero-order valence-electron chi connectivity index (χ0n) is 19.6. The lowest BCUT2D eigenvalue weighted by molar-refractivity contribution is -0.133. The summed E-state index contributed by atoms with van der Waals surface area (Å²) in [5.41, 5.74) is 1.52. The van der Waals surface area contributed by atoms with Crippen molar-refractivity contribution >= 4 is 28.9 Å². The standard InChI is InChI=1S/C26H24FN3O5S/c1-33-11-10-29(26(32)18-5-2-3-6-19(18)27)15-25(31)30-21(14-20(28-30)24-7-4-12-36-24)17-8-9-22-23(13-17)35-16-34-22/h2-9,12-13,21H,10-11,14-16H2,1H3/t21-/m1/s1. The van der Waals surface area contributed by atoms with Crippen LogP contribution >= 0.6 is 11.3 Å². The SMILES string of the molecule is COCCN(CC(=O)N1N=C(c2cccs2)C[C@@H]1c1ccc2c(c1)OCO2)C(=O)c1ccccc1F. The summed E-state index contributed by atoms with van der Waals surface area (Å²) >= 11 is 1.54. The number of carbonyl (C=O) groups is 2. The number of hydrogen-bond donors (Lipinski definition) is 0. The third kappa shape index (κ3) is 4.82. The largest absolute Gasteiger partial charge is 0.454 e. The van der Waals surface area contributed by atoms with E-state index in [-0.39, 0.29) is 38.0 Å². The van der Waals surface area contributed by atoms with Crippen LogP contribution in [0.25, 0.3) is 0 Å². The van der Waals surface area contributed by atoms with Gasteiger partial charge in [-0.1, -0.05) is 24.3 Å². The summed E-state index contributed by atoms with van der Waals surface area (Å²) < 4.78 is 30.4. The molecule has 0 spiro atoms. The molecule has 0 bridgehead atoms. The van der Waals surface area contributed by atoms with Gasteiger partial charge >= 0.3 is 0 Å². The Bertz CT molecular complexity index is 1300. The summed E-state index contributed by atoms with van der Waals surface area (Å²) in [6.07, 6.45) is 0.505. The van der Waals surface area contributed by atoms with Gasteiger partial charge in [0.2, 0.25) is 6.79 Å². The number of hydrazone groups is 1. The van der Waals surface area contributed by atoms with Gasteiger partial charge in [0.1, 0.15) is 12.4 Å².